The van der Waals surface area contributed by atoms with Gasteiger partial charge in [0.05, 0.1) is 4.47 Å². The lowest BCUT2D eigenvalue weighted by Crippen LogP contribution is -2.20. The van der Waals surface area contributed by atoms with Gasteiger partial charge in [-0.15, -0.1) is 0 Å². The van der Waals surface area contributed by atoms with Crippen LogP contribution in [0.25, 0.3) is 0 Å². The Balaban J connectivity index is 1.89. The molecule has 0 bridgehead atoms. The first-order valence-corrected chi connectivity index (χ1v) is 6.47. The van der Waals surface area contributed by atoms with Crippen LogP contribution in [0.4, 0.5) is 5.95 Å². The highest BCUT2D eigenvalue weighted by atomic mass is 79.9. The van der Waals surface area contributed by atoms with E-state index in [0.717, 1.165) is 8.95 Å². The van der Waals surface area contributed by atoms with Gasteiger partial charge in [0.1, 0.15) is 12.1 Å². The van der Waals surface area contributed by atoms with Gasteiger partial charge in [0.2, 0.25) is 5.95 Å². The second-order valence-corrected chi connectivity index (χ2v) is 5.02. The third-order valence-corrected chi connectivity index (χ3v) is 3.04. The van der Waals surface area contributed by atoms with Crippen molar-refractivity contribution in [1.82, 2.24) is 15.2 Å². The highest BCUT2D eigenvalue weighted by molar-refractivity contribution is 9.11. The van der Waals surface area contributed by atoms with Gasteiger partial charge in [-0.2, -0.15) is 10.1 Å². The molecule has 0 radical (unpaired) electrons. The first-order chi connectivity index (χ1) is 8.65. The van der Waals surface area contributed by atoms with E-state index in [2.05, 4.69) is 52.4 Å². The van der Waals surface area contributed by atoms with Gasteiger partial charge < -0.3 is 4.74 Å². The van der Waals surface area contributed by atoms with E-state index in [1.807, 2.05) is 12.1 Å². The van der Waals surface area contributed by atoms with Crippen LogP contribution in [-0.4, -0.2) is 27.7 Å². The summed E-state index contributed by atoms with van der Waals surface area (Å²) < 4.78 is 7.05. The number of anilines is 1. The summed E-state index contributed by atoms with van der Waals surface area (Å²) >= 11 is 6.67. The zero-order valence-electron chi connectivity index (χ0n) is 8.98. The normalized spacial score (nSPS) is 10.1. The van der Waals surface area contributed by atoms with E-state index in [1.165, 1.54) is 6.33 Å². The number of rotatable bonds is 4. The molecule has 0 unspecified atom stereocenters. The van der Waals surface area contributed by atoms with Crippen molar-refractivity contribution in [1.29, 1.82) is 0 Å². The van der Waals surface area contributed by atoms with Gasteiger partial charge in [0, 0.05) is 4.47 Å². The molecule has 6 nitrogen and oxygen atoms in total. The first-order valence-electron chi connectivity index (χ1n) is 4.88. The largest absolute Gasteiger partial charge is 0.483 e. The van der Waals surface area contributed by atoms with E-state index in [4.69, 9.17) is 4.74 Å². The fourth-order valence-electron chi connectivity index (χ4n) is 1.17. The maximum atomic E-state index is 11.5. The van der Waals surface area contributed by atoms with Gasteiger partial charge in [-0.25, -0.2) is 5.10 Å². The third-order valence-electron chi connectivity index (χ3n) is 1.93. The smallest absolute Gasteiger partial charge is 0.264 e. The quantitative estimate of drug-likeness (QED) is 0.859. The number of ether oxygens (including phenoxy) is 1. The topological polar surface area (TPSA) is 79.9 Å². The molecule has 1 heterocycles. The lowest BCUT2D eigenvalue weighted by atomic mass is 10.3. The molecule has 0 aliphatic heterocycles. The van der Waals surface area contributed by atoms with E-state index in [0.29, 0.717) is 11.7 Å². The zero-order chi connectivity index (χ0) is 13.0. The number of nitrogens with one attached hydrogen (secondary N) is 2. The van der Waals surface area contributed by atoms with Crippen molar-refractivity contribution in [2.75, 3.05) is 11.9 Å². The Hall–Kier alpha value is -1.41. The Morgan fingerprint density at radius 1 is 1.44 bits per heavy atom. The highest BCUT2D eigenvalue weighted by Gasteiger charge is 2.07. The van der Waals surface area contributed by atoms with E-state index in [-0.39, 0.29) is 12.5 Å². The minimum Gasteiger partial charge on any atom is -0.483 e. The monoisotopic (exact) mass is 374 g/mol. The van der Waals surface area contributed by atoms with Crippen LogP contribution in [0, 0.1) is 0 Å². The summed E-state index contributed by atoms with van der Waals surface area (Å²) in [4.78, 5) is 15.3. The van der Waals surface area contributed by atoms with Gasteiger partial charge in [0.25, 0.3) is 5.91 Å². The second-order valence-electron chi connectivity index (χ2n) is 3.25. The zero-order valence-corrected chi connectivity index (χ0v) is 12.2. The lowest BCUT2D eigenvalue weighted by Gasteiger charge is -2.07. The number of aromatic amines is 1. The minimum absolute atomic E-state index is 0.110. The molecule has 0 atom stereocenters. The Morgan fingerprint density at radius 2 is 2.28 bits per heavy atom. The summed E-state index contributed by atoms with van der Waals surface area (Å²) in [5, 5.41) is 8.64. The Labute approximate surface area is 119 Å². The predicted molar refractivity (Wildman–Crippen MR) is 72.3 cm³/mol. The maximum Gasteiger partial charge on any atom is 0.264 e. The van der Waals surface area contributed by atoms with Crippen molar-refractivity contribution in [2.24, 2.45) is 0 Å². The summed E-state index contributed by atoms with van der Waals surface area (Å²) in [5.74, 6) is 0.561. The van der Waals surface area contributed by atoms with Crippen molar-refractivity contribution in [3.05, 3.63) is 33.5 Å². The van der Waals surface area contributed by atoms with E-state index < -0.39 is 0 Å². The van der Waals surface area contributed by atoms with E-state index in [9.17, 15) is 4.79 Å². The van der Waals surface area contributed by atoms with Crippen molar-refractivity contribution >= 4 is 43.7 Å². The molecule has 0 saturated carbocycles. The number of aromatic nitrogens is 3. The number of hydrogen-bond acceptors (Lipinski definition) is 4. The number of carbonyl (C=O) groups excluding carboxylic acids is 1. The molecule has 0 fully saturated rings. The van der Waals surface area contributed by atoms with E-state index in [1.54, 1.807) is 6.07 Å². The Morgan fingerprint density at radius 3 is 2.94 bits per heavy atom. The standard InChI is InChI=1S/C10H8Br2N4O2/c11-6-1-2-8(7(12)3-6)18-4-9(17)15-10-13-5-14-16-10/h1-3,5H,4H2,(H2,13,14,15,16,17). The van der Waals surface area contributed by atoms with Crippen LogP contribution in [0.2, 0.25) is 0 Å². The van der Waals surface area contributed by atoms with Gasteiger partial charge in [-0.1, -0.05) is 15.9 Å². The number of nitrogens with zero attached hydrogens (tertiary/aromatic N) is 2. The fraction of sp³-hybridized carbons (Fsp3) is 0.100. The SMILES string of the molecule is O=C(COc1ccc(Br)cc1Br)Nc1ncn[nH]1. The number of amides is 1. The molecule has 0 spiro atoms. The summed E-state index contributed by atoms with van der Waals surface area (Å²) in [5.41, 5.74) is 0. The molecule has 1 amide bonds. The van der Waals surface area contributed by atoms with Gasteiger partial charge in [0.15, 0.2) is 6.61 Å². The molecule has 2 rings (SSSR count). The molecule has 1 aromatic carbocycles. The van der Waals surface area contributed by atoms with Crippen LogP contribution in [0.3, 0.4) is 0 Å². The predicted octanol–water partition coefficient (Wildman–Crippen LogP) is 2.35. The molecular formula is C10H8Br2N4O2. The fourth-order valence-corrected chi connectivity index (χ4v) is 2.33. The molecule has 1 aromatic heterocycles. The van der Waals surface area contributed by atoms with Crippen molar-refractivity contribution in [2.45, 2.75) is 0 Å². The molecule has 0 aliphatic rings. The molecule has 0 aliphatic carbocycles. The third kappa shape index (κ3) is 3.54. The number of H-pyrrole nitrogens is 1. The summed E-state index contributed by atoms with van der Waals surface area (Å²) in [6.45, 7) is -0.110. The molecule has 18 heavy (non-hydrogen) atoms. The summed E-state index contributed by atoms with van der Waals surface area (Å²) in [6, 6.07) is 5.42. The number of hydrogen-bond donors (Lipinski definition) is 2. The van der Waals surface area contributed by atoms with Crippen molar-refractivity contribution in [3.8, 4) is 5.75 Å². The highest BCUT2D eigenvalue weighted by Crippen LogP contribution is 2.28. The van der Waals surface area contributed by atoms with Crippen LogP contribution in [-0.2, 0) is 4.79 Å². The van der Waals surface area contributed by atoms with Gasteiger partial charge in [-0.05, 0) is 34.1 Å². The van der Waals surface area contributed by atoms with Gasteiger partial charge >= 0.3 is 0 Å². The summed E-state index contributed by atoms with van der Waals surface area (Å²) in [7, 11) is 0. The van der Waals surface area contributed by atoms with Crippen LogP contribution < -0.4 is 10.1 Å². The van der Waals surface area contributed by atoms with Crippen LogP contribution in [0.1, 0.15) is 0 Å². The van der Waals surface area contributed by atoms with Crippen LogP contribution in [0.5, 0.6) is 5.75 Å². The molecule has 94 valence electrons. The Kier molecular flexibility index (Phi) is 4.32. The van der Waals surface area contributed by atoms with Gasteiger partial charge in [-0.3, -0.25) is 10.1 Å². The number of halogens is 2. The molecule has 2 N–H and O–H groups in total. The second kappa shape index (κ2) is 5.96. The maximum absolute atomic E-state index is 11.5. The first kappa shape index (κ1) is 13.0. The van der Waals surface area contributed by atoms with Crippen molar-refractivity contribution in [3.63, 3.8) is 0 Å². The van der Waals surface area contributed by atoms with Crippen LogP contribution >= 0.6 is 31.9 Å². The van der Waals surface area contributed by atoms with Crippen LogP contribution in [0.15, 0.2) is 33.5 Å². The Bertz CT molecular complexity index is 545. The summed E-state index contributed by atoms with van der Waals surface area (Å²) in [6.07, 6.45) is 1.31. The molecule has 0 saturated heterocycles. The lowest BCUT2D eigenvalue weighted by molar-refractivity contribution is -0.118. The number of benzene rings is 1. The average molecular weight is 376 g/mol. The van der Waals surface area contributed by atoms with Crippen molar-refractivity contribution < 1.29 is 9.53 Å². The van der Waals surface area contributed by atoms with E-state index >= 15 is 0 Å². The molecule has 2 aromatic rings. The molecular weight excluding hydrogens is 368 g/mol. The average Bonchev–Trinajstić information content (AvgIpc) is 2.80. The number of carbonyl (C=O) groups is 1. The minimum atomic E-state index is -0.318. The molecule has 8 heteroatoms.